The molecule has 5 nitrogen and oxygen atoms in total. The maximum Gasteiger partial charge on any atom is 0.416 e. The van der Waals surface area contributed by atoms with Crippen molar-refractivity contribution in [2.45, 2.75) is 89.1 Å². The van der Waals surface area contributed by atoms with Crippen molar-refractivity contribution in [3.8, 4) is 0 Å². The zero-order valence-corrected chi connectivity index (χ0v) is 21.9. The van der Waals surface area contributed by atoms with E-state index >= 15 is 0 Å². The first-order valence-corrected chi connectivity index (χ1v) is 13.8. The van der Waals surface area contributed by atoms with Crippen molar-refractivity contribution in [2.24, 2.45) is 5.92 Å². The van der Waals surface area contributed by atoms with Crippen molar-refractivity contribution < 1.29 is 27.9 Å². The molecule has 1 heterocycles. The monoisotopic (exact) mass is 530 g/mol. The predicted octanol–water partition coefficient (Wildman–Crippen LogP) is 6.93. The lowest BCUT2D eigenvalue weighted by atomic mass is 9.81. The highest BCUT2D eigenvalue weighted by atomic mass is 19.4. The van der Waals surface area contributed by atoms with Gasteiger partial charge in [-0.25, -0.2) is 0 Å². The second-order valence-electron chi connectivity index (χ2n) is 11.3. The van der Waals surface area contributed by atoms with Crippen LogP contribution in [0, 0.1) is 5.92 Å². The van der Waals surface area contributed by atoms with Gasteiger partial charge in [0.2, 0.25) is 0 Å². The summed E-state index contributed by atoms with van der Waals surface area (Å²) in [4.78, 5) is 19.0. The van der Waals surface area contributed by atoms with Crippen LogP contribution in [0.15, 0.2) is 36.4 Å². The first kappa shape index (κ1) is 27.2. The van der Waals surface area contributed by atoms with E-state index in [1.165, 1.54) is 17.2 Å². The number of hydroxylamine groups is 1. The van der Waals surface area contributed by atoms with Crippen molar-refractivity contribution >= 4 is 5.97 Å². The van der Waals surface area contributed by atoms with Crippen LogP contribution in [0.2, 0.25) is 0 Å². The summed E-state index contributed by atoms with van der Waals surface area (Å²) in [5.74, 6) is -0.473. The Kier molecular flexibility index (Phi) is 8.12. The van der Waals surface area contributed by atoms with Gasteiger partial charge >= 0.3 is 12.1 Å². The molecule has 0 spiro atoms. The van der Waals surface area contributed by atoms with Gasteiger partial charge in [-0.2, -0.15) is 18.7 Å². The molecule has 2 aromatic carbocycles. The van der Waals surface area contributed by atoms with Crippen LogP contribution in [0.3, 0.4) is 0 Å². The van der Waals surface area contributed by atoms with E-state index in [9.17, 15) is 18.0 Å². The molecule has 2 aliphatic carbocycles. The largest absolute Gasteiger partial charge is 0.481 e. The third-order valence-corrected chi connectivity index (χ3v) is 8.35. The van der Waals surface area contributed by atoms with E-state index in [1.807, 2.05) is 6.92 Å². The van der Waals surface area contributed by atoms with Crippen molar-refractivity contribution in [3.05, 3.63) is 69.8 Å². The molecule has 2 saturated carbocycles. The fourth-order valence-electron chi connectivity index (χ4n) is 5.92. The fourth-order valence-corrected chi connectivity index (χ4v) is 5.92. The average molecular weight is 531 g/mol. The molecular weight excluding hydrogens is 493 g/mol. The molecule has 1 saturated heterocycles. The van der Waals surface area contributed by atoms with E-state index in [2.05, 4.69) is 28.6 Å². The molecule has 0 amide bonds. The fraction of sp³-hybridized carbons (Fsp3) is 0.567. The molecule has 38 heavy (non-hydrogen) atoms. The number of nitrogens with zero attached hydrogens (tertiary/aromatic N) is 1. The van der Waals surface area contributed by atoms with Crippen LogP contribution in [0.25, 0.3) is 0 Å². The van der Waals surface area contributed by atoms with Crippen LogP contribution in [-0.4, -0.2) is 29.1 Å². The molecule has 8 heteroatoms. The maximum absolute atomic E-state index is 13.9. The number of carbonyl (C=O) groups is 1. The molecule has 1 aliphatic heterocycles. The second kappa shape index (κ2) is 11.4. The Bertz CT molecular complexity index is 1140. The minimum Gasteiger partial charge on any atom is -0.481 e. The first-order valence-electron chi connectivity index (χ1n) is 13.8. The summed E-state index contributed by atoms with van der Waals surface area (Å²) < 4.78 is 41.6. The smallest absolute Gasteiger partial charge is 0.416 e. The highest BCUT2D eigenvalue weighted by Crippen LogP contribution is 2.43. The second-order valence-corrected chi connectivity index (χ2v) is 11.3. The van der Waals surface area contributed by atoms with Gasteiger partial charge in [0.15, 0.2) is 0 Å². The molecule has 3 fully saturated rings. The lowest BCUT2D eigenvalue weighted by Gasteiger charge is -2.37. The normalized spacial score (nSPS) is 20.3. The summed E-state index contributed by atoms with van der Waals surface area (Å²) in [5, 5.41) is 9.13. The summed E-state index contributed by atoms with van der Waals surface area (Å²) >= 11 is 0. The third-order valence-electron chi connectivity index (χ3n) is 8.35. The maximum atomic E-state index is 13.9. The van der Waals surface area contributed by atoms with E-state index in [1.54, 1.807) is 12.1 Å². The van der Waals surface area contributed by atoms with Gasteiger partial charge in [-0.1, -0.05) is 49.6 Å². The van der Waals surface area contributed by atoms with Crippen molar-refractivity contribution in [2.75, 3.05) is 13.1 Å². The Labute approximate surface area is 222 Å². The van der Waals surface area contributed by atoms with E-state index in [0.717, 1.165) is 57.1 Å². The number of benzene rings is 2. The lowest BCUT2D eigenvalue weighted by Crippen LogP contribution is -2.49. The highest BCUT2D eigenvalue weighted by molar-refractivity contribution is 5.71. The van der Waals surface area contributed by atoms with Crippen LogP contribution >= 0.6 is 0 Å². The molecule has 5 rings (SSSR count). The Balaban J connectivity index is 1.20. The number of aliphatic carboxylic acids is 1. The van der Waals surface area contributed by atoms with Gasteiger partial charge < -0.3 is 5.11 Å². The molecule has 0 bridgehead atoms. The Hall–Kier alpha value is -2.42. The summed E-state index contributed by atoms with van der Waals surface area (Å²) in [6.45, 7) is 3.96. The summed E-state index contributed by atoms with van der Waals surface area (Å²) in [7, 11) is 0. The van der Waals surface area contributed by atoms with Crippen LogP contribution in [0.4, 0.5) is 13.2 Å². The zero-order valence-electron chi connectivity index (χ0n) is 21.9. The van der Waals surface area contributed by atoms with Gasteiger partial charge in [0.25, 0.3) is 0 Å². The van der Waals surface area contributed by atoms with E-state index in [0.29, 0.717) is 30.1 Å². The molecule has 2 N–H and O–H groups in total. The Morgan fingerprint density at radius 2 is 1.74 bits per heavy atom. The van der Waals surface area contributed by atoms with Crippen LogP contribution in [0.1, 0.15) is 103 Å². The number of hydrogen-bond donors (Lipinski definition) is 2. The topological polar surface area (TPSA) is 61.8 Å². The molecule has 0 radical (unpaired) electrons. The zero-order chi connectivity index (χ0) is 26.9. The quantitative estimate of drug-likeness (QED) is 0.326. The summed E-state index contributed by atoms with van der Waals surface area (Å²) in [6.07, 6.45) is 2.65. The third kappa shape index (κ3) is 6.41. The minimum absolute atomic E-state index is 0.0168. The molecular formula is C30H37F3N2O3. The number of likely N-dealkylation sites (tertiary alicyclic amines) is 1. The Morgan fingerprint density at radius 3 is 2.39 bits per heavy atom. The summed E-state index contributed by atoms with van der Waals surface area (Å²) in [6, 6.07) is 10.9. The number of alkyl halides is 3. The standard InChI is InChI=1S/C30H37F3N2O3/c1-19(23-10-11-24(27(14-23)22-8-9-22)15-35-16-25(17-35)29(36)37)34-38-18-20-7-12-26(21-5-3-2-4-6-21)28(13-20)30(31,32)33/h7,10-14,19,21-22,25,34H,2-6,8-9,15-18H2,1H3,(H,36,37). The predicted molar refractivity (Wildman–Crippen MR) is 138 cm³/mol. The Morgan fingerprint density at radius 1 is 1.03 bits per heavy atom. The van der Waals surface area contributed by atoms with Gasteiger partial charge in [0.05, 0.1) is 24.1 Å². The number of hydrogen-bond acceptors (Lipinski definition) is 4. The summed E-state index contributed by atoms with van der Waals surface area (Å²) in [5.41, 5.74) is 7.02. The molecule has 1 unspecified atom stereocenters. The van der Waals surface area contributed by atoms with Gasteiger partial charge in [-0.3, -0.25) is 14.5 Å². The molecule has 0 aromatic heterocycles. The SMILES string of the molecule is CC(NOCc1ccc(C2CCCCC2)c(C(F)(F)F)c1)c1ccc(CN2CC(C(=O)O)C2)c(C2CC2)c1. The number of halogens is 3. The number of rotatable bonds is 10. The minimum atomic E-state index is -4.38. The molecule has 1 atom stereocenters. The van der Waals surface area contributed by atoms with Gasteiger partial charge in [-0.15, -0.1) is 0 Å². The number of nitrogens with one attached hydrogen (secondary N) is 1. The van der Waals surface area contributed by atoms with E-state index in [-0.39, 0.29) is 24.5 Å². The van der Waals surface area contributed by atoms with Gasteiger partial charge in [0.1, 0.15) is 0 Å². The van der Waals surface area contributed by atoms with E-state index in [4.69, 9.17) is 9.94 Å². The van der Waals surface area contributed by atoms with E-state index < -0.39 is 17.7 Å². The van der Waals surface area contributed by atoms with Crippen LogP contribution in [-0.2, 0) is 29.0 Å². The highest BCUT2D eigenvalue weighted by Gasteiger charge is 2.36. The lowest BCUT2D eigenvalue weighted by molar-refractivity contribution is -0.147. The van der Waals surface area contributed by atoms with Gasteiger partial charge in [-0.05, 0) is 78.3 Å². The first-order chi connectivity index (χ1) is 18.2. The van der Waals surface area contributed by atoms with Crippen molar-refractivity contribution in [3.63, 3.8) is 0 Å². The molecule has 206 valence electrons. The van der Waals surface area contributed by atoms with Crippen LogP contribution < -0.4 is 5.48 Å². The average Bonchev–Trinajstić information content (AvgIpc) is 3.71. The molecule has 2 aromatic rings. The number of carboxylic acid groups (broad SMARTS) is 1. The number of carboxylic acids is 1. The van der Waals surface area contributed by atoms with Gasteiger partial charge in [0, 0.05) is 19.6 Å². The van der Waals surface area contributed by atoms with Crippen molar-refractivity contribution in [1.82, 2.24) is 10.4 Å². The van der Waals surface area contributed by atoms with Crippen LogP contribution in [0.5, 0.6) is 0 Å². The molecule has 3 aliphatic rings. The van der Waals surface area contributed by atoms with Crippen molar-refractivity contribution in [1.29, 1.82) is 0 Å².